The number of nitrogens with zero attached hydrogens (tertiary/aromatic N) is 2. The molecule has 3 unspecified atom stereocenters. The van der Waals surface area contributed by atoms with E-state index < -0.39 is 5.41 Å². The van der Waals surface area contributed by atoms with E-state index in [0.717, 1.165) is 0 Å². The van der Waals surface area contributed by atoms with Gasteiger partial charge in [0.15, 0.2) is 0 Å². The fraction of sp³-hybridized carbons (Fsp3) is 0.833. The summed E-state index contributed by atoms with van der Waals surface area (Å²) >= 11 is 0. The lowest BCUT2D eigenvalue weighted by atomic mass is 9.86. The normalized spacial score (nSPS) is 29.3. The van der Waals surface area contributed by atoms with Crippen molar-refractivity contribution in [2.24, 2.45) is 11.3 Å². The third-order valence-corrected chi connectivity index (χ3v) is 3.57. The van der Waals surface area contributed by atoms with E-state index in [1.54, 1.807) is 11.8 Å². The molecule has 0 aliphatic carbocycles. The molecule has 0 radical (unpaired) electrons. The first-order chi connectivity index (χ1) is 7.44. The molecule has 0 spiro atoms. The second kappa shape index (κ2) is 4.84. The lowest BCUT2D eigenvalue weighted by Gasteiger charge is -2.37. The van der Waals surface area contributed by atoms with Gasteiger partial charge in [-0.1, -0.05) is 13.8 Å². The predicted molar refractivity (Wildman–Crippen MR) is 60.4 cm³/mol. The molecule has 1 rings (SSSR count). The number of piperidine rings is 1. The Bertz CT molecular complexity index is 311. The Morgan fingerprint density at radius 3 is 2.75 bits per heavy atom. The lowest BCUT2D eigenvalue weighted by Crippen LogP contribution is -2.49. The van der Waals surface area contributed by atoms with Gasteiger partial charge >= 0.3 is 0 Å². The lowest BCUT2D eigenvalue weighted by molar-refractivity contribution is -0.142. The summed E-state index contributed by atoms with van der Waals surface area (Å²) in [6.45, 7) is 6.58. The first kappa shape index (κ1) is 13.0. The molecule has 1 heterocycles. The highest BCUT2D eigenvalue weighted by Gasteiger charge is 2.38. The van der Waals surface area contributed by atoms with E-state index in [2.05, 4.69) is 6.07 Å². The molecule has 3 atom stereocenters. The highest BCUT2D eigenvalue weighted by atomic mass is 16.3. The minimum Gasteiger partial charge on any atom is -0.393 e. The fourth-order valence-electron chi connectivity index (χ4n) is 1.94. The number of hydrogen-bond donors (Lipinski definition) is 1. The molecule has 0 bridgehead atoms. The van der Waals surface area contributed by atoms with Crippen LogP contribution in [0.3, 0.4) is 0 Å². The van der Waals surface area contributed by atoms with Crippen molar-refractivity contribution < 1.29 is 9.90 Å². The van der Waals surface area contributed by atoms with E-state index in [9.17, 15) is 9.90 Å². The van der Waals surface area contributed by atoms with Gasteiger partial charge in [-0.3, -0.25) is 4.79 Å². The molecule has 0 aromatic rings. The summed E-state index contributed by atoms with van der Waals surface area (Å²) in [6.07, 6.45) is 0.812. The Labute approximate surface area is 96.9 Å². The fourth-order valence-corrected chi connectivity index (χ4v) is 1.94. The molecule has 0 aromatic carbocycles. The zero-order chi connectivity index (χ0) is 12.3. The Morgan fingerprint density at radius 2 is 2.31 bits per heavy atom. The molecule has 4 nitrogen and oxygen atoms in total. The van der Waals surface area contributed by atoms with E-state index in [-0.39, 0.29) is 17.9 Å². The van der Waals surface area contributed by atoms with Gasteiger partial charge in [0, 0.05) is 13.1 Å². The van der Waals surface area contributed by atoms with Crippen molar-refractivity contribution in [2.75, 3.05) is 13.1 Å². The van der Waals surface area contributed by atoms with Gasteiger partial charge in [-0.05, 0) is 25.7 Å². The van der Waals surface area contributed by atoms with Crippen LogP contribution in [0.25, 0.3) is 0 Å². The number of amides is 1. The zero-order valence-corrected chi connectivity index (χ0v) is 10.2. The molecule has 1 N–H and O–H groups in total. The van der Waals surface area contributed by atoms with Crippen LogP contribution in [-0.2, 0) is 4.79 Å². The van der Waals surface area contributed by atoms with Crippen molar-refractivity contribution in [1.82, 2.24) is 4.90 Å². The van der Waals surface area contributed by atoms with Gasteiger partial charge in [-0.15, -0.1) is 0 Å². The highest BCUT2D eigenvalue weighted by molar-refractivity contribution is 5.85. The van der Waals surface area contributed by atoms with E-state index >= 15 is 0 Å². The number of hydrogen-bond acceptors (Lipinski definition) is 3. The maximum Gasteiger partial charge on any atom is 0.242 e. The molecular weight excluding hydrogens is 204 g/mol. The van der Waals surface area contributed by atoms with Crippen molar-refractivity contribution in [3.8, 4) is 6.07 Å². The van der Waals surface area contributed by atoms with E-state index in [1.807, 2.05) is 13.8 Å². The second-order valence-electron chi connectivity index (χ2n) is 4.88. The maximum atomic E-state index is 12.2. The van der Waals surface area contributed by atoms with E-state index in [4.69, 9.17) is 5.26 Å². The number of aliphatic hydroxyl groups is 1. The number of nitriles is 1. The number of likely N-dealkylation sites (tertiary alicyclic amines) is 1. The van der Waals surface area contributed by atoms with Gasteiger partial charge < -0.3 is 10.0 Å². The minimum absolute atomic E-state index is 0.0949. The third-order valence-electron chi connectivity index (χ3n) is 3.57. The number of rotatable bonds is 2. The largest absolute Gasteiger partial charge is 0.393 e. The topological polar surface area (TPSA) is 64.3 Å². The van der Waals surface area contributed by atoms with Gasteiger partial charge in [0.2, 0.25) is 5.91 Å². The molecule has 1 fully saturated rings. The molecule has 0 saturated carbocycles. The van der Waals surface area contributed by atoms with Crippen molar-refractivity contribution in [1.29, 1.82) is 5.26 Å². The average Bonchev–Trinajstić information content (AvgIpc) is 2.30. The van der Waals surface area contributed by atoms with Gasteiger partial charge in [0.1, 0.15) is 5.41 Å². The van der Waals surface area contributed by atoms with Crippen LogP contribution in [0.1, 0.15) is 33.6 Å². The third kappa shape index (κ3) is 2.35. The second-order valence-corrected chi connectivity index (χ2v) is 4.88. The Kier molecular flexibility index (Phi) is 3.93. The molecule has 90 valence electrons. The van der Waals surface area contributed by atoms with Crippen LogP contribution < -0.4 is 0 Å². The van der Waals surface area contributed by atoms with Crippen molar-refractivity contribution in [3.05, 3.63) is 0 Å². The summed E-state index contributed by atoms with van der Waals surface area (Å²) < 4.78 is 0. The standard InChI is InChI=1S/C12H20N2O2/c1-4-12(3,8-13)11(16)14-6-5-10(15)9(2)7-14/h9-10,15H,4-7H2,1-3H3. The molecule has 16 heavy (non-hydrogen) atoms. The number of carbonyl (C=O) groups is 1. The molecule has 0 aromatic heterocycles. The van der Waals surface area contributed by atoms with Gasteiger partial charge in [-0.2, -0.15) is 5.26 Å². The van der Waals surface area contributed by atoms with Gasteiger partial charge in [0.05, 0.1) is 12.2 Å². The first-order valence-electron chi connectivity index (χ1n) is 5.83. The van der Waals surface area contributed by atoms with Crippen molar-refractivity contribution >= 4 is 5.91 Å². The maximum absolute atomic E-state index is 12.2. The highest BCUT2D eigenvalue weighted by Crippen LogP contribution is 2.26. The number of carbonyl (C=O) groups excluding carboxylic acids is 1. The smallest absolute Gasteiger partial charge is 0.242 e. The van der Waals surface area contributed by atoms with E-state index in [0.29, 0.717) is 25.9 Å². The Hall–Kier alpha value is -1.08. The summed E-state index contributed by atoms with van der Waals surface area (Å²) in [5.74, 6) is -0.00579. The van der Waals surface area contributed by atoms with Crippen LogP contribution in [0.15, 0.2) is 0 Å². The van der Waals surface area contributed by atoms with Gasteiger partial charge in [-0.25, -0.2) is 0 Å². The predicted octanol–water partition coefficient (Wildman–Crippen LogP) is 1.16. The summed E-state index contributed by atoms with van der Waals surface area (Å²) in [5.41, 5.74) is -0.915. The summed E-state index contributed by atoms with van der Waals surface area (Å²) in [4.78, 5) is 13.9. The average molecular weight is 224 g/mol. The summed E-state index contributed by atoms with van der Waals surface area (Å²) in [7, 11) is 0. The number of aliphatic hydroxyl groups excluding tert-OH is 1. The molecule has 1 saturated heterocycles. The van der Waals surface area contributed by atoms with Crippen LogP contribution >= 0.6 is 0 Å². The zero-order valence-electron chi connectivity index (χ0n) is 10.2. The summed E-state index contributed by atoms with van der Waals surface area (Å²) in [5, 5.41) is 18.6. The van der Waals surface area contributed by atoms with Crippen LogP contribution in [0.4, 0.5) is 0 Å². The monoisotopic (exact) mass is 224 g/mol. The van der Waals surface area contributed by atoms with Crippen molar-refractivity contribution in [2.45, 2.75) is 39.7 Å². The SMILES string of the molecule is CCC(C)(C#N)C(=O)N1CCC(O)C(C)C1. The molecule has 1 amide bonds. The quantitative estimate of drug-likeness (QED) is 0.765. The van der Waals surface area contributed by atoms with Crippen LogP contribution in [0.2, 0.25) is 0 Å². The minimum atomic E-state index is -0.915. The van der Waals surface area contributed by atoms with E-state index in [1.165, 1.54) is 0 Å². The van der Waals surface area contributed by atoms with Crippen LogP contribution in [0, 0.1) is 22.7 Å². The van der Waals surface area contributed by atoms with Crippen molar-refractivity contribution in [3.63, 3.8) is 0 Å². The molecule has 4 heteroatoms. The van der Waals surface area contributed by atoms with Crippen LogP contribution in [-0.4, -0.2) is 35.1 Å². The molecule has 1 aliphatic rings. The summed E-state index contributed by atoms with van der Waals surface area (Å²) in [6, 6.07) is 2.10. The molecule has 1 aliphatic heterocycles. The Morgan fingerprint density at radius 1 is 1.69 bits per heavy atom. The Balaban J connectivity index is 2.73. The first-order valence-corrected chi connectivity index (χ1v) is 5.83. The van der Waals surface area contributed by atoms with Gasteiger partial charge in [0.25, 0.3) is 0 Å². The van der Waals surface area contributed by atoms with Crippen LogP contribution in [0.5, 0.6) is 0 Å². The molecular formula is C12H20N2O2.